The van der Waals surface area contributed by atoms with Gasteiger partial charge in [0.15, 0.2) is 0 Å². The number of aromatic carboxylic acids is 1. The molecule has 1 aromatic heterocycles. The van der Waals surface area contributed by atoms with E-state index in [2.05, 4.69) is 4.98 Å². The van der Waals surface area contributed by atoms with E-state index in [9.17, 15) is 4.79 Å². The molecule has 1 heterocycles. The largest absolute Gasteiger partial charge is 0.478 e. The predicted octanol–water partition coefficient (Wildman–Crippen LogP) is 1.90. The molecule has 0 unspecified atom stereocenters. The molecule has 0 saturated heterocycles. The molecule has 13 heavy (non-hydrogen) atoms. The highest BCUT2D eigenvalue weighted by atomic mass is 35.5. The summed E-state index contributed by atoms with van der Waals surface area (Å²) < 4.78 is 0. The number of carbonyl (C=O) groups excluding carboxylic acids is 1. The van der Waals surface area contributed by atoms with Gasteiger partial charge in [-0.25, -0.2) is 4.79 Å². The van der Waals surface area contributed by atoms with Crippen molar-refractivity contribution in [2.24, 2.45) is 0 Å². The van der Waals surface area contributed by atoms with Crippen LogP contribution in [0.3, 0.4) is 0 Å². The van der Waals surface area contributed by atoms with Crippen molar-refractivity contribution in [2.75, 3.05) is 0 Å². The number of aromatic nitrogens is 1. The summed E-state index contributed by atoms with van der Waals surface area (Å²) in [6, 6.07) is 0. The smallest absolute Gasteiger partial charge is 0.338 e. The van der Waals surface area contributed by atoms with Crippen LogP contribution >= 0.6 is 23.2 Å². The summed E-state index contributed by atoms with van der Waals surface area (Å²) in [5, 5.41) is 8.64. The second kappa shape index (κ2) is 5.50. The summed E-state index contributed by atoms with van der Waals surface area (Å²) >= 11 is 11.0. The Bertz CT molecular complexity index is 296. The van der Waals surface area contributed by atoms with Crippen molar-refractivity contribution in [3.63, 3.8) is 0 Å². The van der Waals surface area contributed by atoms with E-state index in [1.54, 1.807) is 0 Å². The zero-order valence-electron chi connectivity index (χ0n) is 6.33. The average molecular weight is 222 g/mol. The molecule has 1 aromatic rings. The van der Waals surface area contributed by atoms with Crippen molar-refractivity contribution >= 4 is 36.0 Å². The fourth-order valence-electron chi connectivity index (χ4n) is 0.616. The van der Waals surface area contributed by atoms with Crippen LogP contribution in [0.2, 0.25) is 10.0 Å². The third-order valence-corrected chi connectivity index (χ3v) is 1.64. The van der Waals surface area contributed by atoms with Crippen LogP contribution in [0.15, 0.2) is 12.4 Å². The van der Waals surface area contributed by atoms with E-state index in [-0.39, 0.29) is 15.6 Å². The number of rotatable bonds is 1. The first-order valence-corrected chi connectivity index (χ1v) is 3.69. The molecule has 0 atom stereocenters. The quantitative estimate of drug-likeness (QED) is 0.787. The van der Waals surface area contributed by atoms with Crippen LogP contribution in [0.5, 0.6) is 0 Å². The molecular weight excluding hydrogens is 217 g/mol. The number of halogens is 2. The first-order valence-electron chi connectivity index (χ1n) is 2.94. The molecule has 0 aliphatic heterocycles. The van der Waals surface area contributed by atoms with Crippen LogP contribution in [-0.4, -0.2) is 22.8 Å². The lowest BCUT2D eigenvalue weighted by Crippen LogP contribution is -1.98. The molecule has 0 aliphatic carbocycles. The number of carboxylic acids is 1. The molecule has 70 valence electrons. The van der Waals surface area contributed by atoms with E-state index in [1.807, 2.05) is 6.79 Å². The first kappa shape index (κ1) is 11.9. The Balaban J connectivity index is 0.000000671. The Labute approximate surface area is 84.1 Å². The molecular formula is C7H5Cl2NO3. The Hall–Kier alpha value is -1.13. The molecule has 0 spiro atoms. The third-order valence-electron chi connectivity index (χ3n) is 1.07. The highest BCUT2D eigenvalue weighted by Gasteiger charge is 2.12. The predicted molar refractivity (Wildman–Crippen MR) is 48.3 cm³/mol. The van der Waals surface area contributed by atoms with Crippen molar-refractivity contribution in [3.05, 3.63) is 28.0 Å². The van der Waals surface area contributed by atoms with Crippen molar-refractivity contribution < 1.29 is 14.7 Å². The highest BCUT2D eigenvalue weighted by molar-refractivity contribution is 6.38. The Kier molecular flexibility index (Phi) is 5.03. The van der Waals surface area contributed by atoms with E-state index < -0.39 is 5.97 Å². The molecule has 0 saturated carbocycles. The number of pyridine rings is 1. The highest BCUT2D eigenvalue weighted by Crippen LogP contribution is 2.22. The van der Waals surface area contributed by atoms with Crippen LogP contribution in [0, 0.1) is 0 Å². The molecule has 1 rings (SSSR count). The molecule has 0 aromatic carbocycles. The number of carbonyl (C=O) groups is 2. The van der Waals surface area contributed by atoms with Gasteiger partial charge in [0.1, 0.15) is 6.79 Å². The fraction of sp³-hybridized carbons (Fsp3) is 0. The zero-order chi connectivity index (χ0) is 10.4. The normalized spacial score (nSPS) is 8.46. The molecule has 4 nitrogen and oxygen atoms in total. The van der Waals surface area contributed by atoms with Gasteiger partial charge in [-0.3, -0.25) is 4.98 Å². The van der Waals surface area contributed by atoms with Crippen molar-refractivity contribution in [1.29, 1.82) is 0 Å². The van der Waals surface area contributed by atoms with Gasteiger partial charge in [0.2, 0.25) is 0 Å². The van der Waals surface area contributed by atoms with E-state index in [0.717, 1.165) is 0 Å². The summed E-state index contributed by atoms with van der Waals surface area (Å²) in [5.74, 6) is -1.15. The SMILES string of the molecule is C=O.O=C(O)c1c(Cl)cncc1Cl. The number of carboxylic acid groups (broad SMARTS) is 1. The van der Waals surface area contributed by atoms with Crippen molar-refractivity contribution in [2.45, 2.75) is 0 Å². The number of nitrogens with zero attached hydrogens (tertiary/aromatic N) is 1. The number of hydrogen-bond acceptors (Lipinski definition) is 3. The minimum atomic E-state index is -1.15. The van der Waals surface area contributed by atoms with Gasteiger partial charge in [-0.05, 0) is 0 Å². The van der Waals surface area contributed by atoms with Crippen LogP contribution in [-0.2, 0) is 4.79 Å². The van der Waals surface area contributed by atoms with E-state index in [1.165, 1.54) is 12.4 Å². The van der Waals surface area contributed by atoms with Crippen LogP contribution in [0.4, 0.5) is 0 Å². The molecule has 6 heteroatoms. The summed E-state index contributed by atoms with van der Waals surface area (Å²) in [4.78, 5) is 22.0. The van der Waals surface area contributed by atoms with Gasteiger partial charge in [0, 0.05) is 12.4 Å². The van der Waals surface area contributed by atoms with Gasteiger partial charge < -0.3 is 9.90 Å². The fourth-order valence-corrected chi connectivity index (χ4v) is 1.14. The molecule has 0 fully saturated rings. The van der Waals surface area contributed by atoms with Crippen LogP contribution in [0.1, 0.15) is 10.4 Å². The first-order chi connectivity index (χ1) is 6.13. The molecule has 0 amide bonds. The van der Waals surface area contributed by atoms with Gasteiger partial charge in [-0.2, -0.15) is 0 Å². The average Bonchev–Trinajstić information content (AvgIpc) is 2.07. The lowest BCUT2D eigenvalue weighted by Gasteiger charge is -1.98. The van der Waals surface area contributed by atoms with Gasteiger partial charge in [-0.1, -0.05) is 23.2 Å². The van der Waals surface area contributed by atoms with E-state index >= 15 is 0 Å². The minimum absolute atomic E-state index is 0.0463. The maximum absolute atomic E-state index is 10.4. The van der Waals surface area contributed by atoms with E-state index in [0.29, 0.717) is 0 Å². The Morgan fingerprint density at radius 3 is 1.92 bits per heavy atom. The summed E-state index contributed by atoms with van der Waals surface area (Å²) in [5.41, 5.74) is -0.108. The van der Waals surface area contributed by atoms with Crippen molar-refractivity contribution in [3.8, 4) is 0 Å². The molecule has 0 bridgehead atoms. The van der Waals surface area contributed by atoms with Gasteiger partial charge in [0.05, 0.1) is 15.6 Å². The summed E-state index contributed by atoms with van der Waals surface area (Å²) in [6.07, 6.45) is 2.47. The minimum Gasteiger partial charge on any atom is -0.478 e. The Morgan fingerprint density at radius 2 is 1.69 bits per heavy atom. The third kappa shape index (κ3) is 3.01. The Morgan fingerprint density at radius 1 is 1.31 bits per heavy atom. The number of hydrogen-bond donors (Lipinski definition) is 1. The lowest BCUT2D eigenvalue weighted by molar-refractivity contribution is -0.0980. The zero-order valence-corrected chi connectivity index (χ0v) is 7.84. The molecule has 1 N–H and O–H groups in total. The lowest BCUT2D eigenvalue weighted by atomic mass is 10.3. The van der Waals surface area contributed by atoms with Gasteiger partial charge in [-0.15, -0.1) is 0 Å². The maximum atomic E-state index is 10.4. The second-order valence-electron chi connectivity index (χ2n) is 1.78. The van der Waals surface area contributed by atoms with E-state index in [4.69, 9.17) is 33.1 Å². The molecule has 0 aliphatic rings. The second-order valence-corrected chi connectivity index (χ2v) is 2.60. The maximum Gasteiger partial charge on any atom is 0.338 e. The topological polar surface area (TPSA) is 67.3 Å². The van der Waals surface area contributed by atoms with Crippen LogP contribution in [0.25, 0.3) is 0 Å². The van der Waals surface area contributed by atoms with Crippen LogP contribution < -0.4 is 0 Å². The monoisotopic (exact) mass is 221 g/mol. The molecule has 0 radical (unpaired) electrons. The van der Waals surface area contributed by atoms with Gasteiger partial charge >= 0.3 is 5.97 Å². The standard InChI is InChI=1S/C6H3Cl2NO2.CH2O/c7-3-1-9-2-4(8)5(3)6(10)11;1-2/h1-2H,(H,10,11);1H2. The van der Waals surface area contributed by atoms with Crippen molar-refractivity contribution in [1.82, 2.24) is 4.98 Å². The summed E-state index contributed by atoms with van der Waals surface area (Å²) in [7, 11) is 0. The summed E-state index contributed by atoms with van der Waals surface area (Å²) in [6.45, 7) is 2.00. The van der Waals surface area contributed by atoms with Gasteiger partial charge in [0.25, 0.3) is 0 Å².